The van der Waals surface area contributed by atoms with Gasteiger partial charge in [-0.25, -0.2) is 0 Å². The number of nitrogens with zero attached hydrogens (tertiary/aromatic N) is 4. The maximum absolute atomic E-state index is 12.7. The first-order valence-electron chi connectivity index (χ1n) is 7.63. The van der Waals surface area contributed by atoms with E-state index in [1.807, 2.05) is 0 Å². The highest BCUT2D eigenvalue weighted by atomic mass is 16.6. The monoisotopic (exact) mass is 346 g/mol. The van der Waals surface area contributed by atoms with Crippen molar-refractivity contribution in [3.8, 4) is 11.3 Å². The average molecular weight is 346 g/mol. The molecule has 1 N–H and O–H groups in total. The zero-order valence-electron chi connectivity index (χ0n) is 13.9. The number of amides is 1. The third kappa shape index (κ3) is 4.19. The van der Waals surface area contributed by atoms with Gasteiger partial charge >= 0.3 is 5.97 Å². The molecule has 2 aromatic rings. The van der Waals surface area contributed by atoms with Gasteiger partial charge in [-0.2, -0.15) is 5.10 Å². The van der Waals surface area contributed by atoms with E-state index in [1.54, 1.807) is 20.2 Å². The Morgan fingerprint density at radius 2 is 1.96 bits per heavy atom. The summed E-state index contributed by atoms with van der Waals surface area (Å²) in [6.07, 6.45) is 1.41. The van der Waals surface area contributed by atoms with Gasteiger partial charge in [0.1, 0.15) is 5.69 Å². The van der Waals surface area contributed by atoms with Crippen molar-refractivity contribution in [1.29, 1.82) is 0 Å². The minimum Gasteiger partial charge on any atom is -0.481 e. The number of nitro benzene ring substituents is 1. The first kappa shape index (κ1) is 18.1. The van der Waals surface area contributed by atoms with Gasteiger partial charge in [0.25, 0.3) is 11.6 Å². The lowest BCUT2D eigenvalue weighted by atomic mass is 10.1. The van der Waals surface area contributed by atoms with E-state index >= 15 is 0 Å². The van der Waals surface area contributed by atoms with Gasteiger partial charge in [0, 0.05) is 44.0 Å². The highest BCUT2D eigenvalue weighted by Crippen LogP contribution is 2.25. The number of nitro groups is 1. The molecule has 0 spiro atoms. The van der Waals surface area contributed by atoms with Crippen molar-refractivity contribution < 1.29 is 19.6 Å². The Balaban J connectivity index is 2.34. The van der Waals surface area contributed by atoms with E-state index in [2.05, 4.69) is 5.10 Å². The van der Waals surface area contributed by atoms with Crippen LogP contribution >= 0.6 is 0 Å². The van der Waals surface area contributed by atoms with Crippen molar-refractivity contribution in [2.45, 2.75) is 13.3 Å². The summed E-state index contributed by atoms with van der Waals surface area (Å²) in [7, 11) is 1.67. The van der Waals surface area contributed by atoms with Crippen LogP contribution < -0.4 is 0 Å². The van der Waals surface area contributed by atoms with Crippen LogP contribution in [0.2, 0.25) is 0 Å². The molecule has 2 rings (SSSR count). The van der Waals surface area contributed by atoms with Gasteiger partial charge in [0.05, 0.1) is 16.9 Å². The number of carboxylic acid groups (broad SMARTS) is 1. The lowest BCUT2D eigenvalue weighted by molar-refractivity contribution is -0.384. The fraction of sp³-hybridized carbons (Fsp3) is 0.312. The van der Waals surface area contributed by atoms with Crippen LogP contribution in [0.15, 0.2) is 30.5 Å². The summed E-state index contributed by atoms with van der Waals surface area (Å²) in [6, 6.07) is 5.76. The van der Waals surface area contributed by atoms with Gasteiger partial charge in [-0.05, 0) is 19.1 Å². The van der Waals surface area contributed by atoms with Crippen LogP contribution in [0.4, 0.5) is 5.69 Å². The van der Waals surface area contributed by atoms with Crippen molar-refractivity contribution in [2.75, 3.05) is 13.1 Å². The van der Waals surface area contributed by atoms with Crippen molar-refractivity contribution >= 4 is 17.6 Å². The predicted octanol–water partition coefficient (Wildman–Crippen LogP) is 1.93. The van der Waals surface area contributed by atoms with E-state index in [0.717, 1.165) is 0 Å². The number of carbonyl (C=O) groups is 2. The van der Waals surface area contributed by atoms with Gasteiger partial charge < -0.3 is 10.0 Å². The van der Waals surface area contributed by atoms with Crippen LogP contribution in [0.25, 0.3) is 11.3 Å². The number of carboxylic acids is 1. The average Bonchev–Trinajstić information content (AvgIpc) is 2.97. The number of rotatable bonds is 7. The zero-order chi connectivity index (χ0) is 18.6. The first-order valence-corrected chi connectivity index (χ1v) is 7.63. The summed E-state index contributed by atoms with van der Waals surface area (Å²) in [5.41, 5.74) is 1.24. The largest absolute Gasteiger partial charge is 0.481 e. The van der Waals surface area contributed by atoms with Crippen molar-refractivity contribution in [3.05, 3.63) is 46.1 Å². The van der Waals surface area contributed by atoms with Crippen LogP contribution in [0.5, 0.6) is 0 Å². The molecule has 0 aliphatic carbocycles. The SMILES string of the molecule is CCN(CCC(=O)O)C(=O)c1cn(C)nc1-c1ccc([N+](=O)[O-])cc1. The number of non-ortho nitro benzene ring substituents is 1. The minimum atomic E-state index is -0.979. The Morgan fingerprint density at radius 3 is 2.48 bits per heavy atom. The summed E-state index contributed by atoms with van der Waals surface area (Å²) in [5, 5.41) is 23.8. The number of hydrogen-bond acceptors (Lipinski definition) is 5. The molecular formula is C16H18N4O5. The van der Waals surface area contributed by atoms with E-state index in [1.165, 1.54) is 33.8 Å². The van der Waals surface area contributed by atoms with Crippen LogP contribution in [-0.4, -0.2) is 49.7 Å². The lowest BCUT2D eigenvalue weighted by Gasteiger charge is -2.19. The predicted molar refractivity (Wildman–Crippen MR) is 89.1 cm³/mol. The molecule has 0 aliphatic rings. The molecule has 0 fully saturated rings. The van der Waals surface area contributed by atoms with Gasteiger partial charge in [-0.3, -0.25) is 24.4 Å². The highest BCUT2D eigenvalue weighted by molar-refractivity contribution is 6.00. The normalized spacial score (nSPS) is 10.5. The van der Waals surface area contributed by atoms with Gasteiger partial charge in [0.2, 0.25) is 0 Å². The van der Waals surface area contributed by atoms with Crippen LogP contribution in [0.3, 0.4) is 0 Å². The summed E-state index contributed by atoms with van der Waals surface area (Å²) in [4.78, 5) is 35.2. The second kappa shape index (κ2) is 7.56. The quantitative estimate of drug-likeness (QED) is 0.604. The van der Waals surface area contributed by atoms with Gasteiger partial charge in [-0.15, -0.1) is 0 Å². The number of aromatic nitrogens is 2. The maximum Gasteiger partial charge on any atom is 0.305 e. The number of aliphatic carboxylic acids is 1. The molecule has 0 atom stereocenters. The number of aryl methyl sites for hydroxylation is 1. The van der Waals surface area contributed by atoms with Crippen molar-refractivity contribution in [2.24, 2.45) is 7.05 Å². The molecule has 1 amide bonds. The Morgan fingerprint density at radius 1 is 1.32 bits per heavy atom. The first-order chi connectivity index (χ1) is 11.8. The standard InChI is InChI=1S/C16H18N4O5/c1-3-19(9-8-14(21)22)16(23)13-10-18(2)17-15(13)11-4-6-12(7-5-11)20(24)25/h4-7,10H,3,8-9H2,1-2H3,(H,21,22). The molecule has 0 aliphatic heterocycles. The topological polar surface area (TPSA) is 119 Å². The second-order valence-corrected chi connectivity index (χ2v) is 5.40. The van der Waals surface area contributed by atoms with Crippen molar-refractivity contribution in [3.63, 3.8) is 0 Å². The van der Waals surface area contributed by atoms with E-state index < -0.39 is 10.9 Å². The smallest absolute Gasteiger partial charge is 0.305 e. The third-order valence-electron chi connectivity index (χ3n) is 3.68. The highest BCUT2D eigenvalue weighted by Gasteiger charge is 2.22. The molecule has 0 bridgehead atoms. The Labute approximate surface area is 143 Å². The van der Waals surface area contributed by atoms with Crippen LogP contribution in [0, 0.1) is 10.1 Å². The van der Waals surface area contributed by atoms with Crippen LogP contribution in [0.1, 0.15) is 23.7 Å². The minimum absolute atomic E-state index is 0.0517. The fourth-order valence-electron chi connectivity index (χ4n) is 2.40. The van der Waals surface area contributed by atoms with E-state index in [9.17, 15) is 19.7 Å². The number of carbonyl (C=O) groups excluding carboxylic acids is 1. The molecule has 132 valence electrons. The van der Waals surface area contributed by atoms with Crippen molar-refractivity contribution in [1.82, 2.24) is 14.7 Å². The summed E-state index contributed by atoms with van der Waals surface area (Å²) in [6.45, 7) is 2.22. The van der Waals surface area contributed by atoms with E-state index in [4.69, 9.17) is 5.11 Å². The fourth-order valence-corrected chi connectivity index (χ4v) is 2.40. The molecule has 9 nitrogen and oxygen atoms in total. The summed E-state index contributed by atoms with van der Waals surface area (Å²) < 4.78 is 1.48. The number of hydrogen-bond donors (Lipinski definition) is 1. The molecule has 9 heteroatoms. The third-order valence-corrected chi connectivity index (χ3v) is 3.68. The van der Waals surface area contributed by atoms with E-state index in [0.29, 0.717) is 23.4 Å². The van der Waals surface area contributed by atoms with E-state index in [-0.39, 0.29) is 24.6 Å². The molecule has 0 saturated heterocycles. The Bertz CT molecular complexity index is 797. The number of benzene rings is 1. The van der Waals surface area contributed by atoms with Gasteiger partial charge in [-0.1, -0.05) is 0 Å². The molecule has 1 aromatic heterocycles. The Kier molecular flexibility index (Phi) is 5.48. The molecular weight excluding hydrogens is 328 g/mol. The molecule has 0 radical (unpaired) electrons. The maximum atomic E-state index is 12.7. The van der Waals surface area contributed by atoms with Gasteiger partial charge in [0.15, 0.2) is 0 Å². The van der Waals surface area contributed by atoms with Crippen LogP contribution in [-0.2, 0) is 11.8 Å². The lowest BCUT2D eigenvalue weighted by Crippen LogP contribution is -2.33. The summed E-state index contributed by atoms with van der Waals surface area (Å²) >= 11 is 0. The second-order valence-electron chi connectivity index (χ2n) is 5.40. The molecule has 1 aromatic carbocycles. The molecule has 0 unspecified atom stereocenters. The molecule has 25 heavy (non-hydrogen) atoms. The molecule has 0 saturated carbocycles. The summed E-state index contributed by atoms with van der Waals surface area (Å²) in [5.74, 6) is -1.31. The Hall–Kier alpha value is -3.23. The zero-order valence-corrected chi connectivity index (χ0v) is 13.9. The molecule has 1 heterocycles.